The van der Waals surface area contributed by atoms with E-state index in [4.69, 9.17) is 0 Å². The maximum atomic E-state index is 2.72. The molecule has 2 rings (SSSR count). The van der Waals surface area contributed by atoms with Crippen molar-refractivity contribution in [2.45, 2.75) is 86.6 Å². The van der Waals surface area contributed by atoms with Crippen LogP contribution >= 0.6 is 0 Å². The smallest absolute Gasteiger partial charge is 0.00953 e. The molecule has 1 heteroatoms. The van der Waals surface area contributed by atoms with Gasteiger partial charge in [-0.3, -0.25) is 0 Å². The Hall–Kier alpha value is -0.0400. The Kier molecular flexibility index (Phi) is 14.1. The van der Waals surface area contributed by atoms with Crippen molar-refractivity contribution in [3.63, 3.8) is 0 Å². The summed E-state index contributed by atoms with van der Waals surface area (Å²) in [6, 6.07) is 0.972. The van der Waals surface area contributed by atoms with E-state index in [1.165, 1.54) is 51.6 Å². The number of hydrogen-bond acceptors (Lipinski definition) is 1. The largest absolute Gasteiger partial charge is 0.300 e. The van der Waals surface area contributed by atoms with Gasteiger partial charge in [0.05, 0.1) is 0 Å². The third-order valence-corrected chi connectivity index (χ3v) is 3.30. The summed E-state index contributed by atoms with van der Waals surface area (Å²) in [6.07, 6.45) is 8.61. The Balaban J connectivity index is 0. The highest BCUT2D eigenvalue weighted by molar-refractivity contribution is 4.82. The monoisotopic (exact) mass is 243 g/mol. The second kappa shape index (κ2) is 12.4. The van der Waals surface area contributed by atoms with Crippen LogP contribution in [0.3, 0.4) is 0 Å². The van der Waals surface area contributed by atoms with Crippen LogP contribution in [0.2, 0.25) is 0 Å². The zero-order valence-electron chi connectivity index (χ0n) is 12.3. The van der Waals surface area contributed by atoms with Gasteiger partial charge in [0.1, 0.15) is 0 Å². The van der Waals surface area contributed by atoms with Crippen molar-refractivity contribution in [3.05, 3.63) is 0 Å². The summed E-state index contributed by atoms with van der Waals surface area (Å²) in [4.78, 5) is 2.72. The molecule has 1 saturated carbocycles. The second-order valence-electron chi connectivity index (χ2n) is 5.03. The predicted molar refractivity (Wildman–Crippen MR) is 81.7 cm³/mol. The topological polar surface area (TPSA) is 3.24 Å². The Bertz CT molecular complexity index is 138. The number of hydrogen-bond donors (Lipinski definition) is 0. The van der Waals surface area contributed by atoms with E-state index < -0.39 is 0 Å². The van der Waals surface area contributed by atoms with E-state index in [1.54, 1.807) is 0 Å². The molecule has 0 N–H and O–H groups in total. The maximum absolute atomic E-state index is 2.72. The van der Waals surface area contributed by atoms with Gasteiger partial charge in [-0.25, -0.2) is 0 Å². The first kappa shape index (κ1) is 19.3. The lowest BCUT2D eigenvalue weighted by molar-refractivity contribution is 0.239. The van der Waals surface area contributed by atoms with Gasteiger partial charge in [-0.2, -0.15) is 0 Å². The van der Waals surface area contributed by atoms with Gasteiger partial charge < -0.3 is 4.90 Å². The van der Waals surface area contributed by atoms with Crippen LogP contribution in [0.4, 0.5) is 0 Å². The molecule has 1 nitrogen and oxygen atoms in total. The maximum Gasteiger partial charge on any atom is 0.00953 e. The van der Waals surface area contributed by atoms with Gasteiger partial charge in [-0.05, 0) is 31.7 Å². The van der Waals surface area contributed by atoms with Crippen LogP contribution in [0.5, 0.6) is 0 Å². The fourth-order valence-corrected chi connectivity index (χ4v) is 2.57. The predicted octanol–water partition coefficient (Wildman–Crippen LogP) is 5.35. The average molecular weight is 243 g/mol. The highest BCUT2D eigenvalue weighted by atomic mass is 15.2. The van der Waals surface area contributed by atoms with E-state index in [-0.39, 0.29) is 7.43 Å². The molecule has 0 amide bonds. The van der Waals surface area contributed by atoms with Crippen LogP contribution in [-0.4, -0.2) is 24.0 Å². The SMILES string of the molecule is C.CC.CCC.C[C@@H]1CCN(C2CCCC2)C1. The van der Waals surface area contributed by atoms with Gasteiger partial charge in [-0.15, -0.1) is 0 Å². The molecule has 0 aromatic rings. The highest BCUT2D eigenvalue weighted by Crippen LogP contribution is 2.27. The fourth-order valence-electron chi connectivity index (χ4n) is 2.57. The van der Waals surface area contributed by atoms with E-state index in [0.29, 0.717) is 0 Å². The molecule has 2 aliphatic rings. The molecule has 1 saturated heterocycles. The molecule has 0 radical (unpaired) electrons. The standard InChI is InChI=1S/C10H19N.C3H8.C2H6.CH4/c1-9-6-7-11(8-9)10-4-2-3-5-10;1-3-2;1-2;/h9-10H,2-8H2,1H3;3H2,1-2H3;1-2H3;1H4/t9-;;;/m1.../s1. The van der Waals surface area contributed by atoms with Crippen LogP contribution in [-0.2, 0) is 0 Å². The molecule has 1 heterocycles. The number of rotatable bonds is 1. The molecule has 0 bridgehead atoms. The van der Waals surface area contributed by atoms with Crippen molar-refractivity contribution in [3.8, 4) is 0 Å². The van der Waals surface area contributed by atoms with Gasteiger partial charge in [0.15, 0.2) is 0 Å². The van der Waals surface area contributed by atoms with Crippen molar-refractivity contribution >= 4 is 0 Å². The van der Waals surface area contributed by atoms with Gasteiger partial charge in [0.25, 0.3) is 0 Å². The minimum Gasteiger partial charge on any atom is -0.300 e. The Labute approximate surface area is 111 Å². The Morgan fingerprint density at radius 3 is 1.82 bits per heavy atom. The minimum atomic E-state index is 0. The molecule has 1 aliphatic heterocycles. The second-order valence-corrected chi connectivity index (χ2v) is 5.03. The highest BCUT2D eigenvalue weighted by Gasteiger charge is 2.27. The zero-order valence-corrected chi connectivity index (χ0v) is 12.3. The minimum absolute atomic E-state index is 0. The first-order valence-corrected chi connectivity index (χ1v) is 7.52. The fraction of sp³-hybridized carbons (Fsp3) is 1.00. The summed E-state index contributed by atoms with van der Waals surface area (Å²) in [5, 5.41) is 0. The Morgan fingerprint density at radius 2 is 1.47 bits per heavy atom. The summed E-state index contributed by atoms with van der Waals surface area (Å²) in [5.74, 6) is 0.968. The van der Waals surface area contributed by atoms with E-state index in [0.717, 1.165) is 12.0 Å². The first-order valence-electron chi connectivity index (χ1n) is 7.52. The molecule has 1 atom stereocenters. The molecule has 2 fully saturated rings. The third-order valence-electron chi connectivity index (χ3n) is 3.30. The van der Waals surface area contributed by atoms with Crippen LogP contribution in [0.1, 0.15) is 80.6 Å². The van der Waals surface area contributed by atoms with Crippen LogP contribution in [0.15, 0.2) is 0 Å². The lowest BCUT2D eigenvalue weighted by atomic mass is 10.2. The molecule has 0 spiro atoms. The van der Waals surface area contributed by atoms with Crippen LogP contribution in [0, 0.1) is 5.92 Å². The molecule has 17 heavy (non-hydrogen) atoms. The van der Waals surface area contributed by atoms with Crippen molar-refractivity contribution in [2.24, 2.45) is 5.92 Å². The van der Waals surface area contributed by atoms with Crippen LogP contribution < -0.4 is 0 Å². The lowest BCUT2D eigenvalue weighted by Crippen LogP contribution is -2.30. The molecule has 0 aromatic carbocycles. The van der Waals surface area contributed by atoms with E-state index in [2.05, 4.69) is 25.7 Å². The first-order chi connectivity index (χ1) is 7.77. The van der Waals surface area contributed by atoms with Gasteiger partial charge in [-0.1, -0.05) is 61.3 Å². The van der Waals surface area contributed by atoms with Gasteiger partial charge in [0.2, 0.25) is 0 Å². The molecule has 0 aromatic heterocycles. The number of likely N-dealkylation sites (tertiary alicyclic amines) is 1. The molecular formula is C16H37N. The van der Waals surface area contributed by atoms with E-state index in [1.807, 2.05) is 13.8 Å². The van der Waals surface area contributed by atoms with Gasteiger partial charge >= 0.3 is 0 Å². The Morgan fingerprint density at radius 1 is 1.00 bits per heavy atom. The summed E-state index contributed by atoms with van der Waals surface area (Å²) < 4.78 is 0. The zero-order chi connectivity index (χ0) is 12.4. The van der Waals surface area contributed by atoms with Crippen LogP contribution in [0.25, 0.3) is 0 Å². The summed E-state index contributed by atoms with van der Waals surface area (Å²) in [6.45, 7) is 13.4. The lowest BCUT2D eigenvalue weighted by Gasteiger charge is -2.22. The van der Waals surface area contributed by atoms with E-state index >= 15 is 0 Å². The van der Waals surface area contributed by atoms with E-state index in [9.17, 15) is 0 Å². The van der Waals surface area contributed by atoms with Gasteiger partial charge in [0, 0.05) is 12.6 Å². The molecule has 106 valence electrons. The molecular weight excluding hydrogens is 206 g/mol. The van der Waals surface area contributed by atoms with Crippen molar-refractivity contribution in [2.75, 3.05) is 13.1 Å². The summed E-state index contributed by atoms with van der Waals surface area (Å²) in [5.41, 5.74) is 0. The quantitative estimate of drug-likeness (QED) is 0.600. The van der Waals surface area contributed by atoms with Crippen molar-refractivity contribution in [1.82, 2.24) is 4.90 Å². The summed E-state index contributed by atoms with van der Waals surface area (Å²) in [7, 11) is 0. The summed E-state index contributed by atoms with van der Waals surface area (Å²) >= 11 is 0. The third kappa shape index (κ3) is 7.81. The normalized spacial score (nSPS) is 24.2. The average Bonchev–Trinajstić information content (AvgIpc) is 2.92. The molecule has 1 aliphatic carbocycles. The van der Waals surface area contributed by atoms with Crippen molar-refractivity contribution < 1.29 is 0 Å². The number of nitrogens with zero attached hydrogens (tertiary/aromatic N) is 1. The van der Waals surface area contributed by atoms with Crippen molar-refractivity contribution in [1.29, 1.82) is 0 Å². The molecule has 0 unspecified atom stereocenters.